The fourth-order valence-corrected chi connectivity index (χ4v) is 3.09. The van der Waals surface area contributed by atoms with E-state index in [-0.39, 0.29) is 5.82 Å². The standard InChI is InChI=1S/C14H14FNOS/c15-12-3-1-2-10(6-12)7-14-16-13(9-18-14)11-4-5-17-8-11/h1-3,6,9,11H,4-5,7-8H2/t11-/m1/s1. The lowest BCUT2D eigenvalue weighted by atomic mass is 10.1. The minimum absolute atomic E-state index is 0.187. The quantitative estimate of drug-likeness (QED) is 0.847. The summed E-state index contributed by atoms with van der Waals surface area (Å²) in [6.07, 6.45) is 1.76. The Balaban J connectivity index is 1.73. The average Bonchev–Trinajstić information content (AvgIpc) is 2.98. The summed E-state index contributed by atoms with van der Waals surface area (Å²) in [4.78, 5) is 4.63. The van der Waals surface area contributed by atoms with Gasteiger partial charge >= 0.3 is 0 Å². The average molecular weight is 263 g/mol. The third-order valence-electron chi connectivity index (χ3n) is 3.16. The third-order valence-corrected chi connectivity index (χ3v) is 4.03. The van der Waals surface area contributed by atoms with Gasteiger partial charge in [-0.3, -0.25) is 0 Å². The van der Waals surface area contributed by atoms with E-state index in [1.54, 1.807) is 23.5 Å². The van der Waals surface area contributed by atoms with Crippen molar-refractivity contribution in [3.8, 4) is 0 Å². The third kappa shape index (κ3) is 2.60. The molecule has 0 bridgehead atoms. The van der Waals surface area contributed by atoms with E-state index in [0.29, 0.717) is 12.3 Å². The molecule has 1 aromatic heterocycles. The summed E-state index contributed by atoms with van der Waals surface area (Å²) in [5.41, 5.74) is 2.10. The highest BCUT2D eigenvalue weighted by molar-refractivity contribution is 7.09. The highest BCUT2D eigenvalue weighted by atomic mass is 32.1. The number of hydrogen-bond donors (Lipinski definition) is 0. The van der Waals surface area contributed by atoms with Gasteiger partial charge in [-0.1, -0.05) is 12.1 Å². The summed E-state index contributed by atoms with van der Waals surface area (Å²) in [6, 6.07) is 6.71. The van der Waals surface area contributed by atoms with Crippen LogP contribution >= 0.6 is 11.3 Å². The van der Waals surface area contributed by atoms with Crippen LogP contribution in [0.5, 0.6) is 0 Å². The molecular formula is C14H14FNOS. The zero-order chi connectivity index (χ0) is 12.4. The number of nitrogens with zero attached hydrogens (tertiary/aromatic N) is 1. The van der Waals surface area contributed by atoms with Crippen LogP contribution < -0.4 is 0 Å². The lowest BCUT2D eigenvalue weighted by molar-refractivity contribution is 0.193. The normalized spacial score (nSPS) is 19.3. The number of halogens is 1. The maximum Gasteiger partial charge on any atom is 0.123 e. The van der Waals surface area contributed by atoms with Crippen LogP contribution in [-0.2, 0) is 11.2 Å². The van der Waals surface area contributed by atoms with Crippen molar-refractivity contribution in [1.29, 1.82) is 0 Å². The Kier molecular flexibility index (Phi) is 3.39. The van der Waals surface area contributed by atoms with Gasteiger partial charge in [0, 0.05) is 24.3 Å². The SMILES string of the molecule is Fc1cccc(Cc2nc([C@@H]3CCOC3)cs2)c1. The van der Waals surface area contributed by atoms with Crippen molar-refractivity contribution in [2.24, 2.45) is 0 Å². The molecule has 1 aromatic carbocycles. The van der Waals surface area contributed by atoms with Crippen molar-refractivity contribution in [3.05, 3.63) is 51.7 Å². The molecule has 0 saturated carbocycles. The Morgan fingerprint density at radius 2 is 2.39 bits per heavy atom. The van der Waals surface area contributed by atoms with Gasteiger partial charge in [-0.15, -0.1) is 11.3 Å². The Morgan fingerprint density at radius 1 is 1.44 bits per heavy atom. The van der Waals surface area contributed by atoms with Crippen LogP contribution in [0.2, 0.25) is 0 Å². The van der Waals surface area contributed by atoms with Crippen LogP contribution in [0.25, 0.3) is 0 Å². The number of thiazole rings is 1. The molecule has 2 aromatic rings. The summed E-state index contributed by atoms with van der Waals surface area (Å²) in [5, 5.41) is 3.15. The molecule has 1 fully saturated rings. The van der Waals surface area contributed by atoms with Crippen molar-refractivity contribution in [2.75, 3.05) is 13.2 Å². The summed E-state index contributed by atoms with van der Waals surface area (Å²) in [5.74, 6) is 0.260. The number of aromatic nitrogens is 1. The fraction of sp³-hybridized carbons (Fsp3) is 0.357. The lowest BCUT2D eigenvalue weighted by Gasteiger charge is -2.02. The minimum Gasteiger partial charge on any atom is -0.381 e. The molecule has 1 aliphatic rings. The molecular weight excluding hydrogens is 249 g/mol. The van der Waals surface area contributed by atoms with Gasteiger partial charge in [0.1, 0.15) is 5.82 Å². The summed E-state index contributed by atoms with van der Waals surface area (Å²) >= 11 is 1.65. The van der Waals surface area contributed by atoms with E-state index >= 15 is 0 Å². The number of ether oxygens (including phenoxy) is 1. The van der Waals surface area contributed by atoms with Gasteiger partial charge < -0.3 is 4.74 Å². The molecule has 1 saturated heterocycles. The monoisotopic (exact) mass is 263 g/mol. The predicted octanol–water partition coefficient (Wildman–Crippen LogP) is 3.38. The molecule has 2 heterocycles. The Bertz CT molecular complexity index is 534. The van der Waals surface area contributed by atoms with Crippen LogP contribution in [0.15, 0.2) is 29.6 Å². The second-order valence-corrected chi connectivity index (χ2v) is 5.48. The molecule has 2 nitrogen and oxygen atoms in total. The molecule has 3 rings (SSSR count). The molecule has 4 heteroatoms. The number of benzene rings is 1. The van der Waals surface area contributed by atoms with Gasteiger partial charge in [0.15, 0.2) is 0 Å². The molecule has 0 aliphatic carbocycles. The molecule has 18 heavy (non-hydrogen) atoms. The van der Waals surface area contributed by atoms with E-state index in [2.05, 4.69) is 10.4 Å². The van der Waals surface area contributed by atoms with Crippen molar-refractivity contribution < 1.29 is 9.13 Å². The molecule has 0 spiro atoms. The summed E-state index contributed by atoms with van der Waals surface area (Å²) < 4.78 is 18.5. The highest BCUT2D eigenvalue weighted by Crippen LogP contribution is 2.27. The second kappa shape index (κ2) is 5.16. The first kappa shape index (κ1) is 11.8. The molecule has 0 N–H and O–H groups in total. The first-order chi connectivity index (χ1) is 8.81. The van der Waals surface area contributed by atoms with Gasteiger partial charge in [0.05, 0.1) is 17.3 Å². The Labute approximate surface area is 109 Å². The molecule has 1 atom stereocenters. The van der Waals surface area contributed by atoms with Crippen molar-refractivity contribution >= 4 is 11.3 Å². The van der Waals surface area contributed by atoms with Gasteiger partial charge in [-0.25, -0.2) is 9.37 Å². The van der Waals surface area contributed by atoms with E-state index < -0.39 is 0 Å². The van der Waals surface area contributed by atoms with Gasteiger partial charge in [-0.05, 0) is 24.1 Å². The maximum atomic E-state index is 13.1. The zero-order valence-corrected chi connectivity index (χ0v) is 10.8. The van der Waals surface area contributed by atoms with E-state index in [0.717, 1.165) is 35.9 Å². The molecule has 1 aliphatic heterocycles. The number of rotatable bonds is 3. The number of hydrogen-bond acceptors (Lipinski definition) is 3. The molecule has 0 radical (unpaired) electrons. The van der Waals surface area contributed by atoms with E-state index in [9.17, 15) is 4.39 Å². The van der Waals surface area contributed by atoms with Crippen LogP contribution in [0.1, 0.15) is 28.6 Å². The predicted molar refractivity (Wildman–Crippen MR) is 69.5 cm³/mol. The molecule has 0 unspecified atom stereocenters. The van der Waals surface area contributed by atoms with Gasteiger partial charge in [-0.2, -0.15) is 0 Å². The summed E-state index contributed by atoms with van der Waals surface area (Å²) in [7, 11) is 0. The Morgan fingerprint density at radius 3 is 3.17 bits per heavy atom. The maximum absolute atomic E-state index is 13.1. The largest absolute Gasteiger partial charge is 0.381 e. The first-order valence-corrected chi connectivity index (χ1v) is 6.96. The van der Waals surface area contributed by atoms with E-state index in [4.69, 9.17) is 4.74 Å². The minimum atomic E-state index is -0.187. The van der Waals surface area contributed by atoms with Gasteiger partial charge in [0.25, 0.3) is 0 Å². The molecule has 0 amide bonds. The smallest absolute Gasteiger partial charge is 0.123 e. The van der Waals surface area contributed by atoms with Crippen LogP contribution in [0, 0.1) is 5.82 Å². The molecule has 94 valence electrons. The van der Waals surface area contributed by atoms with Crippen molar-refractivity contribution in [2.45, 2.75) is 18.8 Å². The first-order valence-electron chi connectivity index (χ1n) is 6.08. The lowest BCUT2D eigenvalue weighted by Crippen LogP contribution is -1.98. The van der Waals surface area contributed by atoms with Crippen molar-refractivity contribution in [3.63, 3.8) is 0 Å². The van der Waals surface area contributed by atoms with Gasteiger partial charge in [0.2, 0.25) is 0 Å². The highest BCUT2D eigenvalue weighted by Gasteiger charge is 2.20. The van der Waals surface area contributed by atoms with Crippen LogP contribution in [-0.4, -0.2) is 18.2 Å². The van der Waals surface area contributed by atoms with Crippen molar-refractivity contribution in [1.82, 2.24) is 4.98 Å². The Hall–Kier alpha value is -1.26. The second-order valence-electron chi connectivity index (χ2n) is 4.53. The van der Waals surface area contributed by atoms with E-state index in [1.165, 1.54) is 6.07 Å². The summed E-state index contributed by atoms with van der Waals surface area (Å²) in [6.45, 7) is 1.62. The van der Waals surface area contributed by atoms with Crippen LogP contribution in [0.3, 0.4) is 0 Å². The zero-order valence-electron chi connectivity index (χ0n) is 9.93. The van der Waals surface area contributed by atoms with E-state index in [1.807, 2.05) is 6.07 Å². The topological polar surface area (TPSA) is 22.1 Å². The van der Waals surface area contributed by atoms with Crippen LogP contribution in [0.4, 0.5) is 4.39 Å². The fourth-order valence-electron chi connectivity index (χ4n) is 2.18.